The van der Waals surface area contributed by atoms with Crippen LogP contribution < -0.4 is 0 Å². The highest BCUT2D eigenvalue weighted by atomic mass is 16.6. The molecule has 1 fully saturated rings. The van der Waals surface area contributed by atoms with E-state index in [-0.39, 0.29) is 11.9 Å². The highest BCUT2D eigenvalue weighted by Gasteiger charge is 2.42. The van der Waals surface area contributed by atoms with Crippen molar-refractivity contribution in [3.05, 3.63) is 0 Å². The molecular formula is C15H26O4. The van der Waals surface area contributed by atoms with Gasteiger partial charge < -0.3 is 9.84 Å². The van der Waals surface area contributed by atoms with Crippen molar-refractivity contribution < 1.29 is 19.4 Å². The van der Waals surface area contributed by atoms with Crippen molar-refractivity contribution in [2.75, 3.05) is 0 Å². The number of carboxylic acids is 1. The van der Waals surface area contributed by atoms with E-state index in [1.807, 2.05) is 20.8 Å². The lowest BCUT2D eigenvalue weighted by Crippen LogP contribution is -2.38. The fourth-order valence-electron chi connectivity index (χ4n) is 2.81. The molecule has 1 aliphatic carbocycles. The molecule has 0 saturated heterocycles. The van der Waals surface area contributed by atoms with Gasteiger partial charge in [0.1, 0.15) is 5.60 Å². The third kappa shape index (κ3) is 4.51. The number of hydrogen-bond donors (Lipinski definition) is 1. The van der Waals surface area contributed by atoms with Gasteiger partial charge in [0, 0.05) is 0 Å². The predicted octanol–water partition coefficient (Wildman–Crippen LogP) is 3.39. The molecule has 1 unspecified atom stereocenters. The Hall–Kier alpha value is -1.06. The average Bonchev–Trinajstić information content (AvgIpc) is 2.27. The fraction of sp³-hybridized carbons (Fsp3) is 0.867. The van der Waals surface area contributed by atoms with E-state index in [0.29, 0.717) is 19.3 Å². The monoisotopic (exact) mass is 270 g/mol. The van der Waals surface area contributed by atoms with Crippen LogP contribution in [-0.2, 0) is 14.3 Å². The largest absolute Gasteiger partial charge is 0.481 e. The van der Waals surface area contributed by atoms with Gasteiger partial charge >= 0.3 is 11.9 Å². The summed E-state index contributed by atoms with van der Waals surface area (Å²) < 4.78 is 5.33. The van der Waals surface area contributed by atoms with Gasteiger partial charge in [-0.3, -0.25) is 9.59 Å². The highest BCUT2D eigenvalue weighted by Crippen LogP contribution is 2.42. The number of carboxylic acid groups (broad SMARTS) is 1. The minimum Gasteiger partial charge on any atom is -0.481 e. The Morgan fingerprint density at radius 1 is 1.21 bits per heavy atom. The summed E-state index contributed by atoms with van der Waals surface area (Å²) in [6.45, 7) is 7.24. The average molecular weight is 270 g/mol. The first-order valence-corrected chi connectivity index (χ1v) is 7.13. The van der Waals surface area contributed by atoms with E-state index < -0.39 is 17.0 Å². The lowest BCUT2D eigenvalue weighted by atomic mass is 9.69. The van der Waals surface area contributed by atoms with E-state index in [2.05, 4.69) is 0 Å². The zero-order valence-corrected chi connectivity index (χ0v) is 12.5. The van der Waals surface area contributed by atoms with Crippen LogP contribution in [0.25, 0.3) is 0 Å². The summed E-state index contributed by atoms with van der Waals surface area (Å²) in [6, 6.07) is 0. The molecule has 4 nitrogen and oxygen atoms in total. The first-order chi connectivity index (χ1) is 8.66. The van der Waals surface area contributed by atoms with Gasteiger partial charge in [-0.2, -0.15) is 0 Å². The fourth-order valence-corrected chi connectivity index (χ4v) is 2.81. The molecule has 0 spiro atoms. The van der Waals surface area contributed by atoms with Crippen LogP contribution in [0, 0.1) is 11.3 Å². The van der Waals surface area contributed by atoms with Gasteiger partial charge in [-0.25, -0.2) is 0 Å². The molecule has 0 heterocycles. The Morgan fingerprint density at radius 2 is 1.74 bits per heavy atom. The van der Waals surface area contributed by atoms with Crippen molar-refractivity contribution in [2.24, 2.45) is 11.3 Å². The van der Waals surface area contributed by atoms with Gasteiger partial charge in [0.05, 0.1) is 11.3 Å². The molecule has 1 atom stereocenters. The zero-order chi connectivity index (χ0) is 14.7. The van der Waals surface area contributed by atoms with Gasteiger partial charge in [-0.05, 0) is 40.0 Å². The molecule has 0 aromatic heterocycles. The van der Waals surface area contributed by atoms with Crippen LogP contribution >= 0.6 is 0 Å². The van der Waals surface area contributed by atoms with E-state index in [4.69, 9.17) is 4.74 Å². The second-order valence-electron chi connectivity index (χ2n) is 6.78. The van der Waals surface area contributed by atoms with Crippen LogP contribution in [-0.4, -0.2) is 22.6 Å². The van der Waals surface area contributed by atoms with E-state index >= 15 is 0 Å². The molecule has 0 aromatic carbocycles. The summed E-state index contributed by atoms with van der Waals surface area (Å²) >= 11 is 0. The molecule has 0 aromatic rings. The molecule has 19 heavy (non-hydrogen) atoms. The molecule has 0 bridgehead atoms. The molecule has 4 heteroatoms. The number of carbonyl (C=O) groups excluding carboxylic acids is 1. The van der Waals surface area contributed by atoms with Crippen LogP contribution in [0.2, 0.25) is 0 Å². The number of aliphatic carboxylic acids is 1. The Kier molecular flexibility index (Phi) is 4.99. The maximum absolute atomic E-state index is 12.0. The normalized spacial score (nSPS) is 20.6. The Morgan fingerprint density at radius 3 is 2.16 bits per heavy atom. The Bertz CT molecular complexity index is 335. The quantitative estimate of drug-likeness (QED) is 0.795. The third-order valence-electron chi connectivity index (χ3n) is 3.77. The van der Waals surface area contributed by atoms with Crippen LogP contribution in [0.15, 0.2) is 0 Å². The topological polar surface area (TPSA) is 63.6 Å². The van der Waals surface area contributed by atoms with Crippen molar-refractivity contribution in [3.8, 4) is 0 Å². The van der Waals surface area contributed by atoms with Crippen LogP contribution in [0.4, 0.5) is 0 Å². The van der Waals surface area contributed by atoms with E-state index in [1.54, 1.807) is 6.92 Å². The van der Waals surface area contributed by atoms with Crippen molar-refractivity contribution in [1.82, 2.24) is 0 Å². The van der Waals surface area contributed by atoms with Gasteiger partial charge in [0.25, 0.3) is 0 Å². The second kappa shape index (κ2) is 5.93. The van der Waals surface area contributed by atoms with Gasteiger partial charge in [0.15, 0.2) is 0 Å². The van der Waals surface area contributed by atoms with E-state index in [0.717, 1.165) is 19.3 Å². The third-order valence-corrected chi connectivity index (χ3v) is 3.77. The van der Waals surface area contributed by atoms with Crippen molar-refractivity contribution >= 4 is 11.9 Å². The van der Waals surface area contributed by atoms with E-state index in [9.17, 15) is 14.7 Å². The lowest BCUT2D eigenvalue weighted by Gasteiger charge is -2.35. The molecule has 1 saturated carbocycles. The second-order valence-corrected chi connectivity index (χ2v) is 6.78. The summed E-state index contributed by atoms with van der Waals surface area (Å²) in [5, 5.41) is 9.50. The standard InChI is InChI=1S/C15H26O4/c1-11(12(16)19-14(2,3)4)10-15(13(17)18)8-6-5-7-9-15/h11H,5-10H2,1-4H3,(H,17,18). The first-order valence-electron chi connectivity index (χ1n) is 7.13. The van der Waals surface area contributed by atoms with Gasteiger partial charge in [0.2, 0.25) is 0 Å². The Labute approximate surface area is 115 Å². The SMILES string of the molecule is CC(CC1(C(=O)O)CCCCC1)C(=O)OC(C)(C)C. The number of carbonyl (C=O) groups is 2. The van der Waals surface area contributed by atoms with Crippen molar-refractivity contribution in [1.29, 1.82) is 0 Å². The summed E-state index contributed by atoms with van der Waals surface area (Å²) in [6.07, 6.45) is 4.71. The molecule has 1 N–H and O–H groups in total. The molecule has 0 aliphatic heterocycles. The van der Waals surface area contributed by atoms with Crippen LogP contribution in [0.3, 0.4) is 0 Å². The van der Waals surface area contributed by atoms with Gasteiger partial charge in [-0.1, -0.05) is 26.2 Å². The molecule has 0 amide bonds. The van der Waals surface area contributed by atoms with Crippen LogP contribution in [0.5, 0.6) is 0 Å². The molecule has 110 valence electrons. The Balaban J connectivity index is 2.69. The number of hydrogen-bond acceptors (Lipinski definition) is 3. The van der Waals surface area contributed by atoms with Crippen molar-refractivity contribution in [3.63, 3.8) is 0 Å². The maximum Gasteiger partial charge on any atom is 0.309 e. The summed E-state index contributed by atoms with van der Waals surface area (Å²) in [7, 11) is 0. The predicted molar refractivity (Wildman–Crippen MR) is 72.8 cm³/mol. The maximum atomic E-state index is 12.0. The minimum atomic E-state index is -0.761. The van der Waals surface area contributed by atoms with Crippen molar-refractivity contribution in [2.45, 2.75) is 71.8 Å². The molecule has 1 rings (SSSR count). The van der Waals surface area contributed by atoms with Gasteiger partial charge in [-0.15, -0.1) is 0 Å². The smallest absolute Gasteiger partial charge is 0.309 e. The summed E-state index contributed by atoms with van der Waals surface area (Å²) in [5.74, 6) is -1.42. The molecule has 0 radical (unpaired) electrons. The van der Waals surface area contributed by atoms with Crippen LogP contribution in [0.1, 0.15) is 66.2 Å². The highest BCUT2D eigenvalue weighted by molar-refractivity contribution is 5.77. The lowest BCUT2D eigenvalue weighted by molar-refractivity contribution is -0.163. The number of esters is 1. The minimum absolute atomic E-state index is 0.293. The zero-order valence-electron chi connectivity index (χ0n) is 12.5. The number of ether oxygens (including phenoxy) is 1. The molecule has 1 aliphatic rings. The summed E-state index contributed by atoms with van der Waals surface area (Å²) in [5.41, 5.74) is -1.25. The molecular weight excluding hydrogens is 244 g/mol. The summed E-state index contributed by atoms with van der Waals surface area (Å²) in [4.78, 5) is 23.5. The first kappa shape index (κ1) is 16.0. The van der Waals surface area contributed by atoms with E-state index in [1.165, 1.54) is 0 Å². The number of rotatable bonds is 4.